The van der Waals surface area contributed by atoms with E-state index in [1.165, 1.54) is 6.92 Å². The highest BCUT2D eigenvalue weighted by Crippen LogP contribution is 2.21. The average molecular weight is 237 g/mol. The van der Waals surface area contributed by atoms with E-state index in [0.29, 0.717) is 10.7 Å². The van der Waals surface area contributed by atoms with E-state index in [0.717, 1.165) is 0 Å². The summed E-state index contributed by atoms with van der Waals surface area (Å²) in [5.41, 5.74) is 0.0584. The molecule has 1 aromatic carbocycles. The predicted molar refractivity (Wildman–Crippen MR) is 61.0 cm³/mol. The molecular weight excluding hydrogens is 228 g/mol. The molecule has 0 fully saturated rings. The number of amides is 1. The van der Waals surface area contributed by atoms with Crippen molar-refractivity contribution in [3.63, 3.8) is 0 Å². The van der Waals surface area contributed by atoms with Crippen LogP contribution in [-0.4, -0.2) is 11.0 Å². The Bertz CT molecular complexity index is 485. The molecule has 1 aromatic rings. The molecule has 16 heavy (non-hydrogen) atoms. The second kappa shape index (κ2) is 5.19. The second-order valence-corrected chi connectivity index (χ2v) is 3.41. The third-order valence-electron chi connectivity index (χ3n) is 1.82. The molecule has 0 saturated heterocycles. The van der Waals surface area contributed by atoms with E-state index in [1.54, 1.807) is 30.3 Å². The van der Waals surface area contributed by atoms with Gasteiger partial charge in [-0.25, -0.2) is 0 Å². The number of hydrogen-bond donors (Lipinski definition) is 2. The summed E-state index contributed by atoms with van der Waals surface area (Å²) in [6.07, 6.45) is 0. The average Bonchev–Trinajstić information content (AvgIpc) is 2.22. The summed E-state index contributed by atoms with van der Waals surface area (Å²) in [5.74, 6) is -1.01. The number of para-hydroxylation sites is 1. The standard InChI is InChI=1S/C11H9ClN2O2/c1-7(15)8(6-13)11(16)14-10-5-3-2-4-9(10)12/h2-5,15H,1H3,(H,14,16). The van der Waals surface area contributed by atoms with Crippen molar-refractivity contribution in [1.82, 2.24) is 0 Å². The van der Waals surface area contributed by atoms with Gasteiger partial charge in [0.25, 0.3) is 5.91 Å². The Morgan fingerprint density at radius 2 is 2.12 bits per heavy atom. The van der Waals surface area contributed by atoms with Crippen LogP contribution in [0.1, 0.15) is 6.92 Å². The molecule has 0 aliphatic heterocycles. The number of rotatable bonds is 2. The van der Waals surface area contributed by atoms with Gasteiger partial charge >= 0.3 is 0 Å². The number of anilines is 1. The van der Waals surface area contributed by atoms with Crippen LogP contribution in [-0.2, 0) is 4.79 Å². The van der Waals surface area contributed by atoms with Crippen molar-refractivity contribution < 1.29 is 9.90 Å². The van der Waals surface area contributed by atoms with Crippen molar-refractivity contribution in [2.75, 3.05) is 5.32 Å². The Morgan fingerprint density at radius 3 is 2.62 bits per heavy atom. The summed E-state index contributed by atoms with van der Waals surface area (Å²) >= 11 is 5.82. The lowest BCUT2D eigenvalue weighted by Gasteiger charge is -2.06. The lowest BCUT2D eigenvalue weighted by Crippen LogP contribution is -2.15. The van der Waals surface area contributed by atoms with E-state index >= 15 is 0 Å². The summed E-state index contributed by atoms with van der Waals surface area (Å²) in [6, 6.07) is 8.24. The maximum absolute atomic E-state index is 11.5. The van der Waals surface area contributed by atoms with Crippen molar-refractivity contribution in [3.8, 4) is 6.07 Å². The number of carbonyl (C=O) groups is 1. The molecule has 0 atom stereocenters. The van der Waals surface area contributed by atoms with Gasteiger partial charge < -0.3 is 10.4 Å². The van der Waals surface area contributed by atoms with Crippen molar-refractivity contribution in [2.24, 2.45) is 0 Å². The van der Waals surface area contributed by atoms with Gasteiger partial charge in [-0.15, -0.1) is 0 Å². The molecule has 5 heteroatoms. The summed E-state index contributed by atoms with van der Waals surface area (Å²) in [4.78, 5) is 11.5. The minimum Gasteiger partial charge on any atom is -0.511 e. The van der Waals surface area contributed by atoms with E-state index in [2.05, 4.69) is 5.32 Å². The van der Waals surface area contributed by atoms with Crippen LogP contribution in [0.2, 0.25) is 5.02 Å². The van der Waals surface area contributed by atoms with Crippen LogP contribution in [0.5, 0.6) is 0 Å². The fourth-order valence-corrected chi connectivity index (χ4v) is 1.23. The zero-order valence-corrected chi connectivity index (χ0v) is 9.25. The van der Waals surface area contributed by atoms with Gasteiger partial charge in [-0.2, -0.15) is 5.26 Å². The zero-order chi connectivity index (χ0) is 12.1. The minimum absolute atomic E-state index is 0.327. The largest absolute Gasteiger partial charge is 0.511 e. The molecule has 82 valence electrons. The number of nitriles is 1. The van der Waals surface area contributed by atoms with Crippen molar-refractivity contribution in [1.29, 1.82) is 5.26 Å². The zero-order valence-electron chi connectivity index (χ0n) is 8.49. The first-order valence-electron chi connectivity index (χ1n) is 4.42. The first-order valence-corrected chi connectivity index (χ1v) is 4.80. The molecule has 0 aliphatic carbocycles. The van der Waals surface area contributed by atoms with Gasteiger partial charge in [0, 0.05) is 0 Å². The second-order valence-electron chi connectivity index (χ2n) is 3.01. The molecular formula is C11H9ClN2O2. The van der Waals surface area contributed by atoms with Crippen LogP contribution in [0.15, 0.2) is 35.6 Å². The number of nitrogens with one attached hydrogen (secondary N) is 1. The molecule has 0 unspecified atom stereocenters. The van der Waals surface area contributed by atoms with Crippen LogP contribution in [0.4, 0.5) is 5.69 Å². The fourth-order valence-electron chi connectivity index (χ4n) is 1.04. The Hall–Kier alpha value is -1.99. The van der Waals surface area contributed by atoms with Crippen molar-refractivity contribution >= 4 is 23.2 Å². The van der Waals surface area contributed by atoms with Crippen molar-refractivity contribution in [3.05, 3.63) is 40.6 Å². The lowest BCUT2D eigenvalue weighted by atomic mass is 10.2. The molecule has 1 amide bonds. The fraction of sp³-hybridized carbons (Fsp3) is 0.0909. The highest BCUT2D eigenvalue weighted by molar-refractivity contribution is 6.33. The molecule has 0 heterocycles. The number of carbonyl (C=O) groups excluding carboxylic acids is 1. The number of benzene rings is 1. The van der Waals surface area contributed by atoms with E-state index < -0.39 is 5.91 Å². The smallest absolute Gasteiger partial charge is 0.269 e. The van der Waals surface area contributed by atoms with Gasteiger partial charge in [-0.1, -0.05) is 23.7 Å². The van der Waals surface area contributed by atoms with Gasteiger partial charge in [-0.05, 0) is 19.1 Å². The SMILES string of the molecule is CC(O)=C(C#N)C(=O)Nc1ccccc1Cl. The number of aliphatic hydroxyl groups is 1. The third kappa shape index (κ3) is 2.75. The Morgan fingerprint density at radius 1 is 1.50 bits per heavy atom. The summed E-state index contributed by atoms with van der Waals surface area (Å²) in [6.45, 7) is 1.27. The third-order valence-corrected chi connectivity index (χ3v) is 2.15. The number of allylic oxidation sites excluding steroid dienone is 1. The van der Waals surface area contributed by atoms with Crippen LogP contribution in [0, 0.1) is 11.3 Å². The van der Waals surface area contributed by atoms with E-state index in [1.807, 2.05) is 0 Å². The van der Waals surface area contributed by atoms with Gasteiger partial charge in [0.15, 0.2) is 5.57 Å². The predicted octanol–water partition coefficient (Wildman–Crippen LogP) is 2.63. The number of aliphatic hydroxyl groups excluding tert-OH is 1. The molecule has 0 radical (unpaired) electrons. The molecule has 1 rings (SSSR count). The van der Waals surface area contributed by atoms with Gasteiger partial charge in [0.1, 0.15) is 11.8 Å². The summed E-state index contributed by atoms with van der Waals surface area (Å²) in [7, 11) is 0. The maximum Gasteiger partial charge on any atom is 0.269 e. The number of hydrogen-bond acceptors (Lipinski definition) is 3. The van der Waals surface area contributed by atoms with E-state index in [-0.39, 0.29) is 11.3 Å². The topological polar surface area (TPSA) is 73.1 Å². The van der Waals surface area contributed by atoms with Gasteiger partial charge in [-0.3, -0.25) is 4.79 Å². The molecule has 4 nitrogen and oxygen atoms in total. The number of nitrogens with zero attached hydrogens (tertiary/aromatic N) is 1. The van der Waals surface area contributed by atoms with Gasteiger partial charge in [0.05, 0.1) is 10.7 Å². The quantitative estimate of drug-likeness (QED) is 0.471. The molecule has 0 aromatic heterocycles. The minimum atomic E-state index is -0.685. The molecule has 0 bridgehead atoms. The van der Waals surface area contributed by atoms with Crippen LogP contribution in [0.25, 0.3) is 0 Å². The van der Waals surface area contributed by atoms with Crippen LogP contribution < -0.4 is 5.32 Å². The maximum atomic E-state index is 11.5. The molecule has 0 spiro atoms. The highest BCUT2D eigenvalue weighted by atomic mass is 35.5. The van der Waals surface area contributed by atoms with Crippen molar-refractivity contribution in [2.45, 2.75) is 6.92 Å². The van der Waals surface area contributed by atoms with E-state index in [4.69, 9.17) is 22.0 Å². The molecule has 0 aliphatic rings. The molecule has 0 saturated carbocycles. The Labute approximate surface area is 97.8 Å². The Kier molecular flexibility index (Phi) is 3.92. The summed E-state index contributed by atoms with van der Waals surface area (Å²) in [5, 5.41) is 20.5. The normalized spacial score (nSPS) is 11.3. The first kappa shape index (κ1) is 12.1. The Balaban J connectivity index is 2.93. The lowest BCUT2D eigenvalue weighted by molar-refractivity contribution is -0.112. The van der Waals surface area contributed by atoms with Crippen LogP contribution in [0.3, 0.4) is 0 Å². The van der Waals surface area contributed by atoms with E-state index in [9.17, 15) is 4.79 Å². The monoisotopic (exact) mass is 236 g/mol. The van der Waals surface area contributed by atoms with Gasteiger partial charge in [0.2, 0.25) is 0 Å². The molecule has 2 N–H and O–H groups in total. The van der Waals surface area contributed by atoms with Crippen LogP contribution >= 0.6 is 11.6 Å². The first-order chi connectivity index (χ1) is 7.56. The number of halogens is 1. The summed E-state index contributed by atoms with van der Waals surface area (Å²) < 4.78 is 0. The highest BCUT2D eigenvalue weighted by Gasteiger charge is 2.13.